The van der Waals surface area contributed by atoms with Crippen molar-refractivity contribution in [3.8, 4) is 17.2 Å². The smallest absolute Gasteiger partial charge is 0.419 e. The molecule has 0 radical (unpaired) electrons. The maximum atomic E-state index is 13.1. The van der Waals surface area contributed by atoms with E-state index in [1.54, 1.807) is 33.9 Å². The maximum Gasteiger partial charge on any atom is 0.419 e. The molecule has 194 valence electrons. The number of rotatable bonds is 5. The Morgan fingerprint density at radius 3 is 2.54 bits per heavy atom. The summed E-state index contributed by atoms with van der Waals surface area (Å²) in [6.45, 7) is 5.82. The van der Waals surface area contributed by atoms with Gasteiger partial charge in [-0.3, -0.25) is 14.3 Å². The van der Waals surface area contributed by atoms with E-state index in [0.29, 0.717) is 30.5 Å². The van der Waals surface area contributed by atoms with Crippen LogP contribution in [0.1, 0.15) is 45.6 Å². The molecular formula is C28H32N4O5. The summed E-state index contributed by atoms with van der Waals surface area (Å²) in [6, 6.07) is 14.0. The van der Waals surface area contributed by atoms with Crippen LogP contribution in [0.15, 0.2) is 51.7 Å². The fourth-order valence-electron chi connectivity index (χ4n) is 4.52. The van der Waals surface area contributed by atoms with Gasteiger partial charge in [0.15, 0.2) is 5.58 Å². The Kier molecular flexibility index (Phi) is 7.39. The zero-order valence-corrected chi connectivity index (χ0v) is 21.6. The second-order valence-electron chi connectivity index (χ2n) is 10.4. The van der Waals surface area contributed by atoms with Crippen LogP contribution >= 0.6 is 0 Å². The number of hydrogen-bond donors (Lipinski definition) is 1. The van der Waals surface area contributed by atoms with Crippen LogP contribution in [-0.2, 0) is 23.0 Å². The van der Waals surface area contributed by atoms with Crippen molar-refractivity contribution in [3.05, 3.63) is 58.6 Å². The van der Waals surface area contributed by atoms with Gasteiger partial charge in [-0.25, -0.2) is 9.59 Å². The van der Waals surface area contributed by atoms with Gasteiger partial charge in [0.05, 0.1) is 11.6 Å². The molecule has 3 aromatic rings. The second-order valence-corrected chi connectivity index (χ2v) is 10.4. The molecule has 4 rings (SSSR count). The van der Waals surface area contributed by atoms with Crippen molar-refractivity contribution in [2.24, 2.45) is 7.05 Å². The molecule has 0 spiro atoms. The van der Waals surface area contributed by atoms with Crippen LogP contribution in [0.3, 0.4) is 0 Å². The molecule has 9 heteroatoms. The van der Waals surface area contributed by atoms with E-state index >= 15 is 0 Å². The molecule has 1 aliphatic heterocycles. The summed E-state index contributed by atoms with van der Waals surface area (Å²) in [6.07, 6.45) is 1.99. The van der Waals surface area contributed by atoms with Gasteiger partial charge >= 0.3 is 11.8 Å². The van der Waals surface area contributed by atoms with Crippen LogP contribution < -0.4 is 11.1 Å². The number of amides is 2. The Labute approximate surface area is 215 Å². The number of hydrogen-bond acceptors (Lipinski definition) is 6. The summed E-state index contributed by atoms with van der Waals surface area (Å²) in [5, 5.41) is 12.5. The molecule has 2 aromatic carbocycles. The Hall–Kier alpha value is -4.06. The highest BCUT2D eigenvalue weighted by atomic mass is 16.6. The van der Waals surface area contributed by atoms with Crippen LogP contribution in [0.4, 0.5) is 4.79 Å². The van der Waals surface area contributed by atoms with Crippen molar-refractivity contribution in [1.29, 1.82) is 5.26 Å². The van der Waals surface area contributed by atoms with E-state index < -0.39 is 29.5 Å². The molecule has 9 nitrogen and oxygen atoms in total. The summed E-state index contributed by atoms with van der Waals surface area (Å²) in [5.41, 5.74) is 3.36. The Balaban J connectivity index is 1.42. The van der Waals surface area contributed by atoms with Gasteiger partial charge in [0, 0.05) is 20.0 Å². The van der Waals surface area contributed by atoms with Gasteiger partial charge < -0.3 is 14.5 Å². The molecule has 1 fully saturated rings. The number of ether oxygens (including phenoxy) is 1. The van der Waals surface area contributed by atoms with Crippen LogP contribution in [0.5, 0.6) is 0 Å². The molecule has 1 aromatic heterocycles. The molecule has 2 amide bonds. The lowest BCUT2D eigenvalue weighted by molar-refractivity contribution is -0.128. The normalized spacial score (nSPS) is 16.7. The molecule has 2 atom stereocenters. The first-order valence-corrected chi connectivity index (χ1v) is 12.4. The first-order valence-electron chi connectivity index (χ1n) is 12.4. The Morgan fingerprint density at radius 1 is 1.16 bits per heavy atom. The minimum atomic E-state index is -0.738. The summed E-state index contributed by atoms with van der Waals surface area (Å²) < 4.78 is 12.1. The van der Waals surface area contributed by atoms with Crippen LogP contribution in [-0.4, -0.2) is 45.7 Å². The van der Waals surface area contributed by atoms with Crippen molar-refractivity contribution >= 4 is 23.1 Å². The number of aromatic nitrogens is 1. The second kappa shape index (κ2) is 10.5. The van der Waals surface area contributed by atoms with Crippen molar-refractivity contribution < 1.29 is 18.7 Å². The quantitative estimate of drug-likeness (QED) is 0.558. The van der Waals surface area contributed by atoms with E-state index in [4.69, 9.17) is 9.15 Å². The molecule has 2 heterocycles. The predicted octanol–water partition coefficient (Wildman–Crippen LogP) is 4.14. The van der Waals surface area contributed by atoms with Crippen molar-refractivity contribution in [3.63, 3.8) is 0 Å². The minimum absolute atomic E-state index is 0.330. The molecule has 1 N–H and O–H groups in total. The predicted molar refractivity (Wildman–Crippen MR) is 139 cm³/mol. The average Bonchev–Trinajstić information content (AvgIpc) is 3.15. The standard InChI is InChI=1S/C28H32N4O5/c1-28(2,3)37-27(35)32-14-6-5-7-22(32)25(33)30-21(17-29)15-18-8-10-19(11-9-18)20-12-13-24-23(16-20)31(4)26(34)36-24/h8-13,16,21-22H,5-7,14-15H2,1-4H3,(H,30,33)/t21-,22?/m0/s1. The fraction of sp³-hybridized carbons (Fsp3) is 0.429. The minimum Gasteiger partial charge on any atom is -0.444 e. The van der Waals surface area contributed by atoms with Gasteiger partial charge in [-0.15, -0.1) is 0 Å². The number of benzene rings is 2. The average molecular weight is 505 g/mol. The number of aryl methyl sites for hydroxylation is 1. The van der Waals surface area contributed by atoms with Crippen molar-refractivity contribution in [2.45, 2.75) is 64.1 Å². The van der Waals surface area contributed by atoms with E-state index in [9.17, 15) is 19.6 Å². The summed E-state index contributed by atoms with van der Waals surface area (Å²) in [7, 11) is 1.66. The van der Waals surface area contributed by atoms with E-state index in [1.165, 1.54) is 9.47 Å². The maximum absolute atomic E-state index is 13.1. The topological polar surface area (TPSA) is 118 Å². The zero-order chi connectivity index (χ0) is 26.7. The number of oxazole rings is 1. The SMILES string of the molecule is Cn1c(=O)oc2ccc(-c3ccc(C[C@@H](C#N)NC(=O)C4CCCCN4C(=O)OC(C)(C)C)cc3)cc21. The Morgan fingerprint density at radius 2 is 1.86 bits per heavy atom. The monoisotopic (exact) mass is 504 g/mol. The third kappa shape index (κ3) is 6.02. The largest absolute Gasteiger partial charge is 0.444 e. The van der Waals surface area contributed by atoms with E-state index in [2.05, 4.69) is 11.4 Å². The van der Waals surface area contributed by atoms with Gasteiger partial charge in [-0.05, 0) is 68.9 Å². The van der Waals surface area contributed by atoms with Crippen LogP contribution in [0.25, 0.3) is 22.2 Å². The molecular weight excluding hydrogens is 472 g/mol. The van der Waals surface area contributed by atoms with E-state index in [0.717, 1.165) is 29.5 Å². The van der Waals surface area contributed by atoms with Crippen molar-refractivity contribution in [1.82, 2.24) is 14.8 Å². The van der Waals surface area contributed by atoms with Gasteiger partial charge in [0.2, 0.25) is 5.91 Å². The third-order valence-electron chi connectivity index (χ3n) is 6.42. The van der Waals surface area contributed by atoms with Gasteiger partial charge in [0.25, 0.3) is 0 Å². The molecule has 1 aliphatic rings. The molecule has 0 bridgehead atoms. The fourth-order valence-corrected chi connectivity index (χ4v) is 4.52. The van der Waals surface area contributed by atoms with Gasteiger partial charge in [-0.2, -0.15) is 5.26 Å². The number of carbonyl (C=O) groups is 2. The lowest BCUT2D eigenvalue weighted by Crippen LogP contribution is -2.54. The first kappa shape index (κ1) is 26.0. The Bertz CT molecular complexity index is 1390. The van der Waals surface area contributed by atoms with Crippen LogP contribution in [0, 0.1) is 11.3 Å². The summed E-state index contributed by atoms with van der Waals surface area (Å²) in [5.74, 6) is -0.748. The van der Waals surface area contributed by atoms with Gasteiger partial charge in [-0.1, -0.05) is 30.3 Å². The van der Waals surface area contributed by atoms with Crippen LogP contribution in [0.2, 0.25) is 0 Å². The van der Waals surface area contributed by atoms with Crippen molar-refractivity contribution in [2.75, 3.05) is 6.54 Å². The first-order chi connectivity index (χ1) is 17.6. The highest BCUT2D eigenvalue weighted by molar-refractivity contribution is 5.86. The highest BCUT2D eigenvalue weighted by Gasteiger charge is 2.35. The van der Waals surface area contributed by atoms with E-state index in [-0.39, 0.29) is 5.91 Å². The zero-order valence-electron chi connectivity index (χ0n) is 21.6. The number of nitrogens with zero attached hydrogens (tertiary/aromatic N) is 3. The number of nitrogens with one attached hydrogen (secondary N) is 1. The summed E-state index contributed by atoms with van der Waals surface area (Å²) in [4.78, 5) is 39.0. The number of nitriles is 1. The molecule has 37 heavy (non-hydrogen) atoms. The molecule has 0 saturated carbocycles. The molecule has 1 saturated heterocycles. The lowest BCUT2D eigenvalue weighted by atomic mass is 9.99. The highest BCUT2D eigenvalue weighted by Crippen LogP contribution is 2.25. The number of carbonyl (C=O) groups excluding carboxylic acids is 2. The number of likely N-dealkylation sites (tertiary alicyclic amines) is 1. The molecule has 1 unspecified atom stereocenters. The number of piperidine rings is 1. The lowest BCUT2D eigenvalue weighted by Gasteiger charge is -2.36. The van der Waals surface area contributed by atoms with Gasteiger partial charge in [0.1, 0.15) is 17.7 Å². The number of fused-ring (bicyclic) bond motifs is 1. The van der Waals surface area contributed by atoms with E-state index in [1.807, 2.05) is 36.4 Å². The molecule has 0 aliphatic carbocycles. The summed E-state index contributed by atoms with van der Waals surface area (Å²) >= 11 is 0. The third-order valence-corrected chi connectivity index (χ3v) is 6.42.